The van der Waals surface area contributed by atoms with Gasteiger partial charge >= 0.3 is 6.18 Å². The van der Waals surface area contributed by atoms with Crippen molar-refractivity contribution in [3.8, 4) is 0 Å². The number of amides is 2. The largest absolute Gasteiger partial charge is 0.445 e. The van der Waals surface area contributed by atoms with Gasteiger partial charge < -0.3 is 9.88 Å². The molecule has 182 valence electrons. The van der Waals surface area contributed by atoms with Crippen LogP contribution < -0.4 is 5.32 Å². The Bertz CT molecular complexity index is 1370. The van der Waals surface area contributed by atoms with Gasteiger partial charge in [0.1, 0.15) is 5.69 Å². The number of alkyl halides is 3. The van der Waals surface area contributed by atoms with E-state index >= 15 is 0 Å². The van der Waals surface area contributed by atoms with Crippen LogP contribution in [0.15, 0.2) is 35.8 Å². The Labute approximate surface area is 205 Å². The highest BCUT2D eigenvalue weighted by atomic mass is 32.1. The van der Waals surface area contributed by atoms with E-state index in [1.54, 1.807) is 5.38 Å². The second-order valence-electron chi connectivity index (χ2n) is 8.13. The van der Waals surface area contributed by atoms with Crippen LogP contribution in [0, 0.1) is 0 Å². The minimum absolute atomic E-state index is 0.0719. The van der Waals surface area contributed by atoms with Crippen molar-refractivity contribution in [3.63, 3.8) is 0 Å². The number of rotatable bonds is 5. The summed E-state index contributed by atoms with van der Waals surface area (Å²) in [6, 6.07) is 7.87. The summed E-state index contributed by atoms with van der Waals surface area (Å²) in [4.78, 5) is 34.7. The van der Waals surface area contributed by atoms with Gasteiger partial charge in [-0.05, 0) is 24.5 Å². The number of nitrogens with zero attached hydrogens (tertiary/aromatic N) is 4. The van der Waals surface area contributed by atoms with Gasteiger partial charge in [0.2, 0.25) is 16.0 Å². The Morgan fingerprint density at radius 1 is 1.17 bits per heavy atom. The second-order valence-corrected chi connectivity index (χ2v) is 9.99. The van der Waals surface area contributed by atoms with Crippen molar-refractivity contribution >= 4 is 50.5 Å². The maximum atomic E-state index is 12.8. The molecule has 2 amide bonds. The lowest BCUT2D eigenvalue weighted by molar-refractivity contribution is -0.138. The van der Waals surface area contributed by atoms with E-state index in [1.807, 2.05) is 35.4 Å². The molecule has 1 fully saturated rings. The van der Waals surface area contributed by atoms with E-state index in [1.165, 1.54) is 11.3 Å². The molecule has 5 rings (SSSR count). The van der Waals surface area contributed by atoms with Crippen LogP contribution in [0.5, 0.6) is 0 Å². The molecule has 2 N–H and O–H groups in total. The third kappa shape index (κ3) is 5.05. The minimum atomic E-state index is -4.61. The first-order chi connectivity index (χ1) is 16.8. The molecule has 1 aromatic carbocycles. The summed E-state index contributed by atoms with van der Waals surface area (Å²) in [5, 5.41) is 10.8. The lowest BCUT2D eigenvalue weighted by Gasteiger charge is -2.31. The normalized spacial score (nSPS) is 15.0. The van der Waals surface area contributed by atoms with Crippen LogP contribution in [0.3, 0.4) is 0 Å². The quantitative estimate of drug-likeness (QED) is 0.397. The van der Waals surface area contributed by atoms with Crippen LogP contribution in [-0.4, -0.2) is 50.0 Å². The van der Waals surface area contributed by atoms with E-state index < -0.39 is 17.1 Å². The Balaban J connectivity index is 1.16. The highest BCUT2D eigenvalue weighted by Gasteiger charge is 2.36. The molecule has 4 aromatic rings. The van der Waals surface area contributed by atoms with E-state index in [2.05, 4.69) is 25.5 Å². The van der Waals surface area contributed by atoms with Crippen LogP contribution in [0.25, 0.3) is 10.9 Å². The molecule has 35 heavy (non-hydrogen) atoms. The number of benzene rings is 1. The lowest BCUT2D eigenvalue weighted by Crippen LogP contribution is -2.38. The van der Waals surface area contributed by atoms with E-state index in [0.717, 1.165) is 34.3 Å². The average molecular weight is 521 g/mol. The van der Waals surface area contributed by atoms with Crippen molar-refractivity contribution in [2.75, 3.05) is 18.4 Å². The van der Waals surface area contributed by atoms with E-state index in [0.29, 0.717) is 19.5 Å². The van der Waals surface area contributed by atoms with E-state index in [4.69, 9.17) is 0 Å². The lowest BCUT2D eigenvalue weighted by atomic mass is 9.97. The Kier molecular flexibility index (Phi) is 6.28. The van der Waals surface area contributed by atoms with Crippen molar-refractivity contribution in [1.82, 2.24) is 25.1 Å². The summed E-state index contributed by atoms with van der Waals surface area (Å²) in [6.07, 6.45) is -0.958. The van der Waals surface area contributed by atoms with Crippen molar-refractivity contribution in [1.29, 1.82) is 0 Å². The molecule has 4 heterocycles. The van der Waals surface area contributed by atoms with Gasteiger partial charge in [0.05, 0.1) is 11.4 Å². The fraction of sp³-hybridized carbons (Fsp3) is 0.318. The molecule has 0 aliphatic carbocycles. The molecule has 3 aromatic heterocycles. The number of piperidine rings is 1. The van der Waals surface area contributed by atoms with Crippen LogP contribution in [0.4, 0.5) is 18.3 Å². The zero-order valence-electron chi connectivity index (χ0n) is 18.1. The molecule has 13 heteroatoms. The molecule has 1 saturated heterocycles. The molecule has 0 atom stereocenters. The van der Waals surface area contributed by atoms with Gasteiger partial charge in [-0.3, -0.25) is 14.9 Å². The number of aromatic nitrogens is 4. The first-order valence-corrected chi connectivity index (χ1v) is 12.5. The number of fused-ring (bicyclic) bond motifs is 1. The van der Waals surface area contributed by atoms with Gasteiger partial charge in [0.15, 0.2) is 0 Å². The summed E-state index contributed by atoms with van der Waals surface area (Å²) in [6.45, 7) is 1.19. The van der Waals surface area contributed by atoms with Gasteiger partial charge in [-0.25, -0.2) is 4.98 Å². The smallest absolute Gasteiger partial charge is 0.361 e. The van der Waals surface area contributed by atoms with E-state index in [9.17, 15) is 22.8 Å². The third-order valence-electron chi connectivity index (χ3n) is 5.86. The van der Waals surface area contributed by atoms with Gasteiger partial charge in [0, 0.05) is 41.5 Å². The summed E-state index contributed by atoms with van der Waals surface area (Å²) in [5.74, 6) is -0.455. The van der Waals surface area contributed by atoms with Gasteiger partial charge in [-0.2, -0.15) is 13.2 Å². The van der Waals surface area contributed by atoms with Crippen LogP contribution in [0.1, 0.15) is 44.8 Å². The molecule has 8 nitrogen and oxygen atoms in total. The SMILES string of the molecule is O=C(Nc1nnc(C(F)(F)F)s1)c1csc(C2CCN(C(=O)Cc3c[nH]c4ccccc34)CC2)n1. The number of anilines is 1. The van der Waals surface area contributed by atoms with Crippen LogP contribution in [0.2, 0.25) is 0 Å². The van der Waals surface area contributed by atoms with Gasteiger partial charge in [-0.1, -0.05) is 29.5 Å². The summed E-state index contributed by atoms with van der Waals surface area (Å²) in [5.41, 5.74) is 2.09. The van der Waals surface area contributed by atoms with E-state index in [-0.39, 0.29) is 34.0 Å². The Hall–Kier alpha value is -3.32. The molecule has 0 saturated carbocycles. The number of hydrogen-bond donors (Lipinski definition) is 2. The minimum Gasteiger partial charge on any atom is -0.361 e. The standard InChI is InChI=1S/C22H19F3N6O2S2/c23-22(24,25)20-29-30-21(35-20)28-18(33)16-11-34-19(27-16)12-5-7-31(8-6-12)17(32)9-13-10-26-15-4-2-1-3-14(13)15/h1-4,10-12,26H,5-9H2,(H,28,30,33). The first-order valence-electron chi connectivity index (χ1n) is 10.8. The molecular weight excluding hydrogens is 501 g/mol. The maximum Gasteiger partial charge on any atom is 0.445 e. The Morgan fingerprint density at radius 2 is 1.94 bits per heavy atom. The molecule has 0 bridgehead atoms. The number of carbonyl (C=O) groups is 2. The molecule has 0 spiro atoms. The average Bonchev–Trinajstić information content (AvgIpc) is 3.59. The molecule has 1 aliphatic rings. The fourth-order valence-electron chi connectivity index (χ4n) is 4.06. The molecule has 0 unspecified atom stereocenters. The number of para-hydroxylation sites is 1. The number of aromatic amines is 1. The predicted octanol–water partition coefficient (Wildman–Crippen LogP) is 4.70. The van der Waals surface area contributed by atoms with Crippen LogP contribution >= 0.6 is 22.7 Å². The number of halogens is 3. The second kappa shape index (κ2) is 9.38. The van der Waals surface area contributed by atoms with Crippen LogP contribution in [-0.2, 0) is 17.4 Å². The van der Waals surface area contributed by atoms with Crippen molar-refractivity contribution in [2.24, 2.45) is 0 Å². The summed E-state index contributed by atoms with van der Waals surface area (Å²) < 4.78 is 38.0. The number of carbonyl (C=O) groups excluding carboxylic acids is 2. The maximum absolute atomic E-state index is 12.8. The van der Waals surface area contributed by atoms with Gasteiger partial charge in [0.25, 0.3) is 5.91 Å². The highest BCUT2D eigenvalue weighted by molar-refractivity contribution is 7.15. The monoisotopic (exact) mass is 520 g/mol. The van der Waals surface area contributed by atoms with Gasteiger partial charge in [-0.15, -0.1) is 21.5 Å². The topological polar surface area (TPSA) is 104 Å². The first kappa shape index (κ1) is 23.4. The molecular formula is C22H19F3N6O2S2. The number of thiazole rings is 1. The zero-order valence-corrected chi connectivity index (χ0v) is 19.8. The number of nitrogens with one attached hydrogen (secondary N) is 2. The molecule has 0 radical (unpaired) electrons. The van der Waals surface area contributed by atoms with Crippen molar-refractivity contribution < 1.29 is 22.8 Å². The summed E-state index contributed by atoms with van der Waals surface area (Å²) >= 11 is 1.59. The molecule has 1 aliphatic heterocycles. The highest BCUT2D eigenvalue weighted by Crippen LogP contribution is 2.34. The number of H-pyrrole nitrogens is 1. The van der Waals surface area contributed by atoms with Crippen molar-refractivity contribution in [2.45, 2.75) is 31.4 Å². The number of likely N-dealkylation sites (tertiary alicyclic amines) is 1. The fourth-order valence-corrected chi connectivity index (χ4v) is 5.63. The third-order valence-corrected chi connectivity index (χ3v) is 7.75. The van der Waals surface area contributed by atoms with Crippen molar-refractivity contribution in [3.05, 3.63) is 57.1 Å². The zero-order chi connectivity index (χ0) is 24.6. The predicted molar refractivity (Wildman–Crippen MR) is 126 cm³/mol. The summed E-state index contributed by atoms with van der Waals surface area (Å²) in [7, 11) is 0. The Morgan fingerprint density at radius 3 is 2.69 bits per heavy atom. The number of hydrogen-bond acceptors (Lipinski definition) is 7.